The van der Waals surface area contributed by atoms with Crippen LogP contribution in [-0.2, 0) is 13.0 Å². The van der Waals surface area contributed by atoms with Gasteiger partial charge in [0.05, 0.1) is 29.7 Å². The molecular formula is C14H15ClN4O. The van der Waals surface area contributed by atoms with E-state index in [2.05, 4.69) is 15.3 Å². The number of nitrogens with two attached hydrogens (primary N) is 1. The number of amides is 1. The normalized spacial score (nSPS) is 10.3. The van der Waals surface area contributed by atoms with Crippen LogP contribution in [0.2, 0.25) is 5.15 Å². The first-order valence-corrected chi connectivity index (χ1v) is 6.61. The SMILES string of the molecule is CCc1cccnc1CNC(=O)c1cc(Cl)ncc1N. The molecule has 2 heterocycles. The lowest BCUT2D eigenvalue weighted by Gasteiger charge is -2.09. The summed E-state index contributed by atoms with van der Waals surface area (Å²) in [7, 11) is 0. The Labute approximate surface area is 122 Å². The van der Waals surface area contributed by atoms with Crippen molar-refractivity contribution in [1.29, 1.82) is 0 Å². The summed E-state index contributed by atoms with van der Waals surface area (Å²) in [5.74, 6) is -0.292. The summed E-state index contributed by atoms with van der Waals surface area (Å²) in [4.78, 5) is 20.2. The largest absolute Gasteiger partial charge is 0.397 e. The lowest BCUT2D eigenvalue weighted by Crippen LogP contribution is -2.25. The Morgan fingerprint density at radius 3 is 3.00 bits per heavy atom. The lowest BCUT2D eigenvalue weighted by molar-refractivity contribution is 0.0951. The van der Waals surface area contributed by atoms with Gasteiger partial charge in [-0.25, -0.2) is 4.98 Å². The van der Waals surface area contributed by atoms with Crippen LogP contribution in [0.25, 0.3) is 0 Å². The van der Waals surface area contributed by atoms with E-state index >= 15 is 0 Å². The minimum atomic E-state index is -0.292. The number of rotatable bonds is 4. The van der Waals surface area contributed by atoms with Crippen molar-refractivity contribution in [2.75, 3.05) is 5.73 Å². The summed E-state index contributed by atoms with van der Waals surface area (Å²) in [6, 6.07) is 5.32. The Bertz CT molecular complexity index is 630. The van der Waals surface area contributed by atoms with Crippen LogP contribution in [0.3, 0.4) is 0 Å². The summed E-state index contributed by atoms with van der Waals surface area (Å²) in [6.07, 6.45) is 3.94. The standard InChI is InChI=1S/C14H15ClN4O/c1-2-9-4-3-5-17-12(9)8-19-14(20)10-6-13(15)18-7-11(10)16/h3-7H,2,8,16H2,1H3,(H,19,20). The second kappa shape index (κ2) is 6.34. The number of nitrogens with zero attached hydrogens (tertiary/aromatic N) is 2. The average molecular weight is 291 g/mol. The molecule has 0 spiro atoms. The van der Waals surface area contributed by atoms with E-state index in [0.717, 1.165) is 17.7 Å². The van der Waals surface area contributed by atoms with Gasteiger partial charge in [0.1, 0.15) is 5.15 Å². The van der Waals surface area contributed by atoms with E-state index in [-0.39, 0.29) is 11.1 Å². The van der Waals surface area contributed by atoms with Crippen LogP contribution < -0.4 is 11.1 Å². The zero-order chi connectivity index (χ0) is 14.5. The number of aryl methyl sites for hydroxylation is 1. The fraction of sp³-hybridized carbons (Fsp3) is 0.214. The summed E-state index contributed by atoms with van der Waals surface area (Å²) in [6.45, 7) is 2.39. The molecule has 0 aliphatic heterocycles. The van der Waals surface area contributed by atoms with Crippen molar-refractivity contribution in [1.82, 2.24) is 15.3 Å². The zero-order valence-electron chi connectivity index (χ0n) is 11.1. The molecule has 0 fully saturated rings. The van der Waals surface area contributed by atoms with Crippen LogP contribution in [0, 0.1) is 0 Å². The predicted molar refractivity (Wildman–Crippen MR) is 78.4 cm³/mol. The molecule has 0 aliphatic rings. The second-order valence-corrected chi connectivity index (χ2v) is 4.63. The lowest BCUT2D eigenvalue weighted by atomic mass is 10.1. The Hall–Kier alpha value is -2.14. The van der Waals surface area contributed by atoms with Gasteiger partial charge < -0.3 is 11.1 Å². The van der Waals surface area contributed by atoms with Crippen molar-refractivity contribution < 1.29 is 4.79 Å². The fourth-order valence-corrected chi connectivity index (χ4v) is 2.01. The molecule has 0 aromatic carbocycles. The third kappa shape index (κ3) is 3.24. The molecular weight excluding hydrogens is 276 g/mol. The Morgan fingerprint density at radius 2 is 2.25 bits per heavy atom. The smallest absolute Gasteiger partial charge is 0.253 e. The molecule has 0 saturated heterocycles. The van der Waals surface area contributed by atoms with Crippen molar-refractivity contribution in [3.05, 3.63) is 52.6 Å². The van der Waals surface area contributed by atoms with E-state index in [4.69, 9.17) is 17.3 Å². The first-order chi connectivity index (χ1) is 9.61. The molecule has 0 bridgehead atoms. The van der Waals surface area contributed by atoms with Crippen LogP contribution in [0.5, 0.6) is 0 Å². The van der Waals surface area contributed by atoms with E-state index in [9.17, 15) is 4.79 Å². The van der Waals surface area contributed by atoms with Gasteiger partial charge in [0.2, 0.25) is 0 Å². The summed E-state index contributed by atoms with van der Waals surface area (Å²) >= 11 is 5.77. The molecule has 0 unspecified atom stereocenters. The van der Waals surface area contributed by atoms with Crippen LogP contribution in [0.15, 0.2) is 30.6 Å². The number of nitrogen functional groups attached to an aromatic ring is 1. The van der Waals surface area contributed by atoms with Gasteiger partial charge in [-0.15, -0.1) is 0 Å². The molecule has 0 saturated carbocycles. The van der Waals surface area contributed by atoms with Gasteiger partial charge in [-0.2, -0.15) is 0 Å². The number of aromatic nitrogens is 2. The molecule has 5 nitrogen and oxygen atoms in total. The molecule has 0 aliphatic carbocycles. The Balaban J connectivity index is 2.11. The quantitative estimate of drug-likeness (QED) is 0.846. The zero-order valence-corrected chi connectivity index (χ0v) is 11.8. The topological polar surface area (TPSA) is 80.9 Å². The van der Waals surface area contributed by atoms with Gasteiger partial charge in [0.25, 0.3) is 5.91 Å². The number of carbonyl (C=O) groups excluding carboxylic acids is 1. The molecule has 2 aromatic rings. The molecule has 6 heteroatoms. The van der Waals surface area contributed by atoms with Crippen molar-refractivity contribution in [2.24, 2.45) is 0 Å². The number of carbonyl (C=O) groups is 1. The van der Waals surface area contributed by atoms with Crippen molar-refractivity contribution in [2.45, 2.75) is 19.9 Å². The highest BCUT2D eigenvalue weighted by molar-refractivity contribution is 6.29. The van der Waals surface area contributed by atoms with E-state index in [1.807, 2.05) is 19.1 Å². The molecule has 3 N–H and O–H groups in total. The number of hydrogen-bond acceptors (Lipinski definition) is 4. The van der Waals surface area contributed by atoms with Crippen LogP contribution in [0.1, 0.15) is 28.5 Å². The van der Waals surface area contributed by atoms with Crippen LogP contribution in [-0.4, -0.2) is 15.9 Å². The minimum Gasteiger partial charge on any atom is -0.397 e. The fourth-order valence-electron chi connectivity index (χ4n) is 1.85. The van der Waals surface area contributed by atoms with Gasteiger partial charge in [-0.05, 0) is 24.1 Å². The van der Waals surface area contributed by atoms with Gasteiger partial charge in [-0.1, -0.05) is 24.6 Å². The van der Waals surface area contributed by atoms with Crippen LogP contribution >= 0.6 is 11.6 Å². The van der Waals surface area contributed by atoms with Gasteiger partial charge in [-0.3, -0.25) is 9.78 Å². The maximum absolute atomic E-state index is 12.1. The van der Waals surface area contributed by atoms with Gasteiger partial charge in [0, 0.05) is 6.20 Å². The molecule has 2 aromatic heterocycles. The molecule has 0 atom stereocenters. The average Bonchev–Trinajstić information content (AvgIpc) is 2.47. The highest BCUT2D eigenvalue weighted by atomic mass is 35.5. The van der Waals surface area contributed by atoms with Crippen LogP contribution in [0.4, 0.5) is 5.69 Å². The molecule has 20 heavy (non-hydrogen) atoms. The highest BCUT2D eigenvalue weighted by Gasteiger charge is 2.11. The first kappa shape index (κ1) is 14.3. The predicted octanol–water partition coefficient (Wildman–Crippen LogP) is 2.20. The van der Waals surface area contributed by atoms with E-state index in [0.29, 0.717) is 17.8 Å². The maximum Gasteiger partial charge on any atom is 0.253 e. The molecule has 0 radical (unpaired) electrons. The summed E-state index contributed by atoms with van der Waals surface area (Å²) in [5, 5.41) is 3.02. The number of pyridine rings is 2. The number of anilines is 1. The molecule has 104 valence electrons. The number of hydrogen-bond donors (Lipinski definition) is 2. The Kier molecular flexibility index (Phi) is 4.53. The first-order valence-electron chi connectivity index (χ1n) is 6.23. The number of halogens is 1. The van der Waals surface area contributed by atoms with E-state index in [1.54, 1.807) is 6.20 Å². The molecule has 1 amide bonds. The summed E-state index contributed by atoms with van der Waals surface area (Å²) < 4.78 is 0. The monoisotopic (exact) mass is 290 g/mol. The van der Waals surface area contributed by atoms with Gasteiger partial charge in [0.15, 0.2) is 0 Å². The maximum atomic E-state index is 12.1. The van der Waals surface area contributed by atoms with E-state index < -0.39 is 0 Å². The minimum absolute atomic E-state index is 0.233. The third-order valence-corrected chi connectivity index (χ3v) is 3.13. The van der Waals surface area contributed by atoms with Crippen molar-refractivity contribution >= 4 is 23.2 Å². The third-order valence-electron chi connectivity index (χ3n) is 2.93. The second-order valence-electron chi connectivity index (χ2n) is 4.24. The number of nitrogens with one attached hydrogen (secondary N) is 1. The Morgan fingerprint density at radius 1 is 1.45 bits per heavy atom. The molecule has 2 rings (SSSR count). The highest BCUT2D eigenvalue weighted by Crippen LogP contribution is 2.15. The van der Waals surface area contributed by atoms with Crippen molar-refractivity contribution in [3.8, 4) is 0 Å². The summed E-state index contributed by atoms with van der Waals surface area (Å²) in [5.41, 5.74) is 8.29. The van der Waals surface area contributed by atoms with Gasteiger partial charge >= 0.3 is 0 Å². The van der Waals surface area contributed by atoms with Crippen molar-refractivity contribution in [3.63, 3.8) is 0 Å². The van der Waals surface area contributed by atoms with E-state index in [1.165, 1.54) is 12.3 Å².